The van der Waals surface area contributed by atoms with Crippen molar-refractivity contribution in [3.8, 4) is 0 Å². The van der Waals surface area contributed by atoms with E-state index in [1.165, 1.54) is 25.7 Å². The largest absolute Gasteiger partial charge is 0.327 e. The highest BCUT2D eigenvalue weighted by atomic mass is 15.3. The third-order valence-corrected chi connectivity index (χ3v) is 4.44. The minimum Gasteiger partial charge on any atom is -0.327 e. The molecule has 88 valence electrons. The maximum absolute atomic E-state index is 6.32. The van der Waals surface area contributed by atoms with E-state index in [0.29, 0.717) is 0 Å². The smallest absolute Gasteiger partial charge is 0.138 e. The van der Waals surface area contributed by atoms with E-state index in [-0.39, 0.29) is 6.04 Å². The van der Waals surface area contributed by atoms with Gasteiger partial charge >= 0.3 is 0 Å². The fourth-order valence-electron chi connectivity index (χ4n) is 3.53. The summed E-state index contributed by atoms with van der Waals surface area (Å²) in [5.41, 5.74) is 6.32. The Labute approximate surface area is 96.2 Å². The lowest BCUT2D eigenvalue weighted by atomic mass is 10.0. The first-order chi connectivity index (χ1) is 7.77. The summed E-state index contributed by atoms with van der Waals surface area (Å²) in [5, 5.41) is 4.09. The quantitative estimate of drug-likeness (QED) is 0.830. The first kappa shape index (κ1) is 10.3. The van der Waals surface area contributed by atoms with Gasteiger partial charge in [0, 0.05) is 19.5 Å². The molecule has 16 heavy (non-hydrogen) atoms. The van der Waals surface area contributed by atoms with E-state index in [9.17, 15) is 0 Å². The Balaban J connectivity index is 1.62. The Morgan fingerprint density at radius 1 is 1.44 bits per heavy atom. The zero-order chi connectivity index (χ0) is 11.1. The van der Waals surface area contributed by atoms with E-state index in [4.69, 9.17) is 5.73 Å². The van der Waals surface area contributed by atoms with Crippen LogP contribution in [0.2, 0.25) is 0 Å². The monoisotopic (exact) mass is 220 g/mol. The first-order valence-electron chi connectivity index (χ1n) is 6.36. The summed E-state index contributed by atoms with van der Waals surface area (Å²) >= 11 is 0. The molecule has 0 amide bonds. The predicted molar refractivity (Wildman–Crippen MR) is 61.6 cm³/mol. The van der Waals surface area contributed by atoms with Crippen LogP contribution in [0.5, 0.6) is 0 Å². The summed E-state index contributed by atoms with van der Waals surface area (Å²) in [6.45, 7) is 0. The molecule has 0 bridgehead atoms. The van der Waals surface area contributed by atoms with Crippen LogP contribution in [0.15, 0.2) is 6.33 Å². The Morgan fingerprint density at radius 3 is 2.69 bits per heavy atom. The third kappa shape index (κ3) is 1.65. The highest BCUT2D eigenvalue weighted by Crippen LogP contribution is 2.56. The summed E-state index contributed by atoms with van der Waals surface area (Å²) < 4.78 is 1.84. The number of fused-ring (bicyclic) bond motifs is 1. The molecule has 3 rings (SSSR count). The number of hydrogen-bond acceptors (Lipinski definition) is 3. The van der Waals surface area contributed by atoms with Crippen molar-refractivity contribution >= 4 is 0 Å². The highest BCUT2D eigenvalue weighted by Gasteiger charge is 2.53. The van der Waals surface area contributed by atoms with Gasteiger partial charge in [-0.15, -0.1) is 0 Å². The van der Waals surface area contributed by atoms with Crippen LogP contribution in [-0.4, -0.2) is 20.8 Å². The number of nitrogens with zero attached hydrogens (tertiary/aromatic N) is 3. The van der Waals surface area contributed by atoms with E-state index >= 15 is 0 Å². The molecule has 2 aliphatic rings. The van der Waals surface area contributed by atoms with Crippen molar-refractivity contribution < 1.29 is 0 Å². The molecule has 0 radical (unpaired) electrons. The Hall–Kier alpha value is -0.900. The molecular formula is C12H20N4. The number of rotatable bonds is 3. The van der Waals surface area contributed by atoms with E-state index < -0.39 is 0 Å². The average molecular weight is 220 g/mol. The summed E-state index contributed by atoms with van der Waals surface area (Å²) in [5.74, 6) is 3.64. The number of aromatic nitrogens is 3. The van der Waals surface area contributed by atoms with Crippen LogP contribution in [-0.2, 0) is 13.5 Å². The van der Waals surface area contributed by atoms with Crippen LogP contribution in [0, 0.1) is 17.8 Å². The molecule has 1 aromatic heterocycles. The summed E-state index contributed by atoms with van der Waals surface area (Å²) in [6, 6.07) is 0.288. The zero-order valence-electron chi connectivity index (χ0n) is 9.84. The molecule has 2 N–H and O–H groups in total. The van der Waals surface area contributed by atoms with E-state index in [1.807, 2.05) is 11.7 Å². The number of hydrogen-bond donors (Lipinski definition) is 1. The predicted octanol–water partition coefficient (Wildman–Crippen LogP) is 1.12. The molecule has 2 saturated carbocycles. The minimum absolute atomic E-state index is 0.288. The van der Waals surface area contributed by atoms with Gasteiger partial charge in [0.15, 0.2) is 0 Å². The van der Waals surface area contributed by atoms with Gasteiger partial charge in [0.1, 0.15) is 12.2 Å². The molecule has 4 nitrogen and oxygen atoms in total. The molecule has 3 atom stereocenters. The standard InChI is InChI=1S/C12H20N4/c1-16-11(14-7-15-16)6-10(13)12-8-4-2-3-5-9(8)12/h7-10,12H,2-6,13H2,1H3. The summed E-state index contributed by atoms with van der Waals surface area (Å²) in [6.07, 6.45) is 8.13. The van der Waals surface area contributed by atoms with Gasteiger partial charge in [0.25, 0.3) is 0 Å². The second kappa shape index (κ2) is 3.84. The van der Waals surface area contributed by atoms with Gasteiger partial charge in [-0.1, -0.05) is 12.8 Å². The molecular weight excluding hydrogens is 200 g/mol. The van der Waals surface area contributed by atoms with E-state index in [2.05, 4.69) is 10.1 Å². The van der Waals surface area contributed by atoms with Gasteiger partial charge in [-0.05, 0) is 30.6 Å². The Kier molecular flexibility index (Phi) is 2.46. The highest BCUT2D eigenvalue weighted by molar-refractivity contribution is 5.06. The minimum atomic E-state index is 0.288. The van der Waals surface area contributed by atoms with E-state index in [1.54, 1.807) is 6.33 Å². The van der Waals surface area contributed by atoms with Crippen molar-refractivity contribution in [1.29, 1.82) is 0 Å². The summed E-state index contributed by atoms with van der Waals surface area (Å²) in [4.78, 5) is 4.26. The molecule has 0 aliphatic heterocycles. The second-order valence-electron chi connectivity index (χ2n) is 5.36. The lowest BCUT2D eigenvalue weighted by Crippen LogP contribution is -2.28. The molecule has 3 unspecified atom stereocenters. The molecule has 1 aromatic rings. The van der Waals surface area contributed by atoms with Gasteiger partial charge in [0.2, 0.25) is 0 Å². The molecule has 0 saturated heterocycles. The van der Waals surface area contributed by atoms with Crippen LogP contribution >= 0.6 is 0 Å². The second-order valence-corrected chi connectivity index (χ2v) is 5.36. The van der Waals surface area contributed by atoms with Crippen LogP contribution in [0.25, 0.3) is 0 Å². The van der Waals surface area contributed by atoms with Crippen molar-refractivity contribution in [1.82, 2.24) is 14.8 Å². The van der Waals surface area contributed by atoms with Crippen LogP contribution in [0.1, 0.15) is 31.5 Å². The SMILES string of the molecule is Cn1ncnc1CC(N)C1C2CCCCC21. The van der Waals surface area contributed by atoms with Crippen molar-refractivity contribution in [3.63, 3.8) is 0 Å². The van der Waals surface area contributed by atoms with Crippen molar-refractivity contribution in [2.24, 2.45) is 30.5 Å². The third-order valence-electron chi connectivity index (χ3n) is 4.44. The number of nitrogens with two attached hydrogens (primary N) is 1. The Morgan fingerprint density at radius 2 is 2.12 bits per heavy atom. The maximum atomic E-state index is 6.32. The number of aryl methyl sites for hydroxylation is 1. The molecule has 2 fully saturated rings. The van der Waals surface area contributed by atoms with Crippen LogP contribution in [0.4, 0.5) is 0 Å². The fraction of sp³-hybridized carbons (Fsp3) is 0.833. The molecule has 1 heterocycles. The molecule has 4 heteroatoms. The van der Waals surface area contributed by atoms with Crippen molar-refractivity contribution in [3.05, 3.63) is 12.2 Å². The van der Waals surface area contributed by atoms with Gasteiger partial charge in [-0.3, -0.25) is 4.68 Å². The van der Waals surface area contributed by atoms with Crippen molar-refractivity contribution in [2.75, 3.05) is 0 Å². The fourth-order valence-corrected chi connectivity index (χ4v) is 3.53. The van der Waals surface area contributed by atoms with Crippen LogP contribution < -0.4 is 5.73 Å². The van der Waals surface area contributed by atoms with Gasteiger partial charge in [-0.2, -0.15) is 5.10 Å². The topological polar surface area (TPSA) is 56.7 Å². The maximum Gasteiger partial charge on any atom is 0.138 e. The normalized spacial score (nSPS) is 34.5. The van der Waals surface area contributed by atoms with E-state index in [0.717, 1.165) is 30.0 Å². The average Bonchev–Trinajstić information content (AvgIpc) is 2.90. The molecule has 2 aliphatic carbocycles. The summed E-state index contributed by atoms with van der Waals surface area (Å²) in [7, 11) is 1.94. The lowest BCUT2D eigenvalue weighted by Gasteiger charge is -2.10. The van der Waals surface area contributed by atoms with Gasteiger partial charge < -0.3 is 5.73 Å². The van der Waals surface area contributed by atoms with Gasteiger partial charge in [0.05, 0.1) is 0 Å². The molecule has 0 aromatic carbocycles. The molecule has 0 spiro atoms. The zero-order valence-corrected chi connectivity index (χ0v) is 9.84. The van der Waals surface area contributed by atoms with Gasteiger partial charge in [-0.25, -0.2) is 4.98 Å². The Bertz CT molecular complexity index is 361. The van der Waals surface area contributed by atoms with Crippen molar-refractivity contribution in [2.45, 2.75) is 38.1 Å². The van der Waals surface area contributed by atoms with Crippen LogP contribution in [0.3, 0.4) is 0 Å². The first-order valence-corrected chi connectivity index (χ1v) is 6.36. The lowest BCUT2D eigenvalue weighted by molar-refractivity contribution is 0.480.